The number of hydrogen-bond donors (Lipinski definition) is 1. The normalized spacial score (nSPS) is 15.4. The van der Waals surface area contributed by atoms with E-state index in [0.717, 1.165) is 51.1 Å². The van der Waals surface area contributed by atoms with Crippen LogP contribution in [-0.4, -0.2) is 28.6 Å². The van der Waals surface area contributed by atoms with Gasteiger partial charge in [-0.15, -0.1) is 0 Å². The number of para-hydroxylation sites is 3. The molecular formula is C32H25ClN6O. The lowest BCUT2D eigenvalue weighted by Crippen LogP contribution is -2.46. The van der Waals surface area contributed by atoms with Crippen molar-refractivity contribution < 1.29 is 4.74 Å². The van der Waals surface area contributed by atoms with Crippen LogP contribution in [0.5, 0.6) is 5.75 Å². The van der Waals surface area contributed by atoms with E-state index in [0.29, 0.717) is 16.7 Å². The number of benzene rings is 4. The van der Waals surface area contributed by atoms with Crippen molar-refractivity contribution in [2.75, 3.05) is 17.3 Å². The van der Waals surface area contributed by atoms with Crippen molar-refractivity contribution >= 4 is 46.2 Å². The molecule has 0 amide bonds. The minimum atomic E-state index is -0.207. The van der Waals surface area contributed by atoms with Gasteiger partial charge in [0, 0.05) is 16.3 Å². The molecule has 1 unspecified atom stereocenters. The number of halogens is 1. The summed E-state index contributed by atoms with van der Waals surface area (Å²) in [4.78, 5) is 12.6. The molecule has 0 bridgehead atoms. The maximum atomic E-state index is 6.33. The number of methoxy groups -OCH3 is 1. The molecule has 196 valence electrons. The molecule has 1 atom stereocenters. The van der Waals surface area contributed by atoms with Crippen molar-refractivity contribution in [3.63, 3.8) is 0 Å². The Balaban J connectivity index is 1.47. The lowest BCUT2D eigenvalue weighted by molar-refractivity contribution is 0.415. The number of amidine groups is 2. The number of nitrogens with one attached hydrogen (secondary N) is 1. The van der Waals surface area contributed by atoms with Gasteiger partial charge in [0.05, 0.1) is 35.9 Å². The lowest BCUT2D eigenvalue weighted by atomic mass is 9.93. The third-order valence-electron chi connectivity index (χ3n) is 7.18. The maximum absolute atomic E-state index is 6.33. The Bertz CT molecular complexity index is 1780. The summed E-state index contributed by atoms with van der Waals surface area (Å²) >= 11 is 6.33. The molecule has 0 fully saturated rings. The van der Waals surface area contributed by atoms with Crippen molar-refractivity contribution in [1.29, 1.82) is 0 Å². The SMILES string of the molecule is COc1ccc(NC2=Nc3ccccc3N3C2=Nc2c(c(C)nn2-c2ccccc2)C3c2ccc(Cl)cc2)cc1. The fourth-order valence-electron chi connectivity index (χ4n) is 5.32. The van der Waals surface area contributed by atoms with Crippen LogP contribution in [0.1, 0.15) is 22.9 Å². The smallest absolute Gasteiger partial charge is 0.179 e. The lowest BCUT2D eigenvalue weighted by Gasteiger charge is -2.40. The Morgan fingerprint density at radius 2 is 1.55 bits per heavy atom. The zero-order chi connectivity index (χ0) is 27.2. The number of rotatable bonds is 4. The summed E-state index contributed by atoms with van der Waals surface area (Å²) < 4.78 is 7.27. The highest BCUT2D eigenvalue weighted by molar-refractivity contribution is 6.51. The molecule has 7 nitrogen and oxygen atoms in total. The van der Waals surface area contributed by atoms with Gasteiger partial charge in [-0.2, -0.15) is 5.10 Å². The topological polar surface area (TPSA) is 67.0 Å². The van der Waals surface area contributed by atoms with Gasteiger partial charge in [0.15, 0.2) is 17.5 Å². The van der Waals surface area contributed by atoms with Crippen LogP contribution in [0.25, 0.3) is 5.69 Å². The summed E-state index contributed by atoms with van der Waals surface area (Å²) in [6.07, 6.45) is 0. The molecular weight excluding hydrogens is 520 g/mol. The molecule has 3 heterocycles. The van der Waals surface area contributed by atoms with E-state index in [4.69, 9.17) is 31.4 Å². The number of nitrogens with zero attached hydrogens (tertiary/aromatic N) is 5. The predicted octanol–water partition coefficient (Wildman–Crippen LogP) is 7.64. The maximum Gasteiger partial charge on any atom is 0.179 e. The molecule has 1 N–H and O–H groups in total. The quantitative estimate of drug-likeness (QED) is 0.252. The average Bonchev–Trinajstić information content (AvgIpc) is 3.33. The Hall–Kier alpha value is -4.88. The Morgan fingerprint density at radius 3 is 2.30 bits per heavy atom. The van der Waals surface area contributed by atoms with Crippen LogP contribution >= 0.6 is 11.6 Å². The van der Waals surface area contributed by atoms with Gasteiger partial charge in [-0.25, -0.2) is 14.7 Å². The fraction of sp³-hybridized carbons (Fsp3) is 0.0938. The third kappa shape index (κ3) is 4.03. The van der Waals surface area contributed by atoms with Crippen LogP contribution < -0.4 is 15.0 Å². The highest BCUT2D eigenvalue weighted by atomic mass is 35.5. The number of aryl methyl sites for hydroxylation is 1. The molecule has 0 radical (unpaired) electrons. The molecule has 7 rings (SSSR count). The molecule has 0 saturated heterocycles. The minimum absolute atomic E-state index is 0.207. The van der Waals surface area contributed by atoms with E-state index >= 15 is 0 Å². The standard InChI is InChI=1S/C32H25ClN6O/c1-20-28-29(21-12-14-22(33)15-13-21)38-27-11-7-6-10-26(27)35-30(34-23-16-18-25(40-2)19-17-23)32(38)36-31(28)39(37-20)24-8-4-3-5-9-24/h3-19,29H,1-2H3,(H,34,35). The van der Waals surface area contributed by atoms with Gasteiger partial charge >= 0.3 is 0 Å². The van der Waals surface area contributed by atoms with E-state index in [2.05, 4.69) is 28.4 Å². The summed E-state index contributed by atoms with van der Waals surface area (Å²) in [6, 6.07) is 33.8. The highest BCUT2D eigenvalue weighted by Crippen LogP contribution is 2.48. The number of aromatic nitrogens is 2. The molecule has 8 heteroatoms. The van der Waals surface area contributed by atoms with Gasteiger partial charge in [-0.1, -0.05) is 54.1 Å². The van der Waals surface area contributed by atoms with Crippen molar-refractivity contribution in [2.45, 2.75) is 13.0 Å². The van der Waals surface area contributed by atoms with Crippen molar-refractivity contribution in [3.05, 3.63) is 125 Å². The Kier molecular flexibility index (Phi) is 5.86. The second-order valence-corrected chi connectivity index (χ2v) is 10.1. The van der Waals surface area contributed by atoms with Gasteiger partial charge in [0.1, 0.15) is 5.75 Å². The molecule has 40 heavy (non-hydrogen) atoms. The van der Waals surface area contributed by atoms with Gasteiger partial charge in [-0.3, -0.25) is 0 Å². The van der Waals surface area contributed by atoms with E-state index < -0.39 is 0 Å². The molecule has 2 aliphatic heterocycles. The van der Waals surface area contributed by atoms with Crippen LogP contribution in [0.3, 0.4) is 0 Å². The largest absolute Gasteiger partial charge is 0.497 e. The first-order valence-electron chi connectivity index (χ1n) is 13.0. The average molecular weight is 545 g/mol. The van der Waals surface area contributed by atoms with Crippen molar-refractivity contribution in [3.8, 4) is 11.4 Å². The van der Waals surface area contributed by atoms with Crippen LogP contribution in [0.2, 0.25) is 5.02 Å². The highest BCUT2D eigenvalue weighted by Gasteiger charge is 2.41. The number of anilines is 2. The summed E-state index contributed by atoms with van der Waals surface area (Å²) in [5.74, 6) is 2.91. The van der Waals surface area contributed by atoms with Crippen LogP contribution in [0.4, 0.5) is 22.9 Å². The second-order valence-electron chi connectivity index (χ2n) is 9.63. The van der Waals surface area contributed by atoms with E-state index in [1.54, 1.807) is 7.11 Å². The van der Waals surface area contributed by atoms with Crippen molar-refractivity contribution in [1.82, 2.24) is 9.78 Å². The van der Waals surface area contributed by atoms with Crippen LogP contribution in [0, 0.1) is 6.92 Å². The Morgan fingerprint density at radius 1 is 0.825 bits per heavy atom. The first-order valence-corrected chi connectivity index (χ1v) is 13.4. The fourth-order valence-corrected chi connectivity index (χ4v) is 5.44. The first-order chi connectivity index (χ1) is 19.6. The molecule has 0 aliphatic carbocycles. The summed E-state index contributed by atoms with van der Waals surface area (Å²) in [6.45, 7) is 2.04. The molecule has 4 aromatic carbocycles. The molecule has 5 aromatic rings. The number of hydrogen-bond acceptors (Lipinski definition) is 6. The summed E-state index contributed by atoms with van der Waals surface area (Å²) in [5, 5.41) is 9.19. The summed E-state index contributed by atoms with van der Waals surface area (Å²) in [5.41, 5.74) is 6.67. The summed E-state index contributed by atoms with van der Waals surface area (Å²) in [7, 11) is 1.66. The Labute approximate surface area is 237 Å². The van der Waals surface area contributed by atoms with Gasteiger partial charge in [0.2, 0.25) is 0 Å². The van der Waals surface area contributed by atoms with E-state index in [1.165, 1.54) is 0 Å². The number of fused-ring (bicyclic) bond motifs is 4. The number of ether oxygens (including phenoxy) is 1. The van der Waals surface area contributed by atoms with Gasteiger partial charge in [-0.05, 0) is 73.2 Å². The number of aliphatic imine (C=N–C) groups is 2. The van der Waals surface area contributed by atoms with Gasteiger partial charge < -0.3 is 15.0 Å². The first kappa shape index (κ1) is 24.2. The molecule has 0 saturated carbocycles. The van der Waals surface area contributed by atoms with Crippen molar-refractivity contribution in [2.24, 2.45) is 9.98 Å². The van der Waals surface area contributed by atoms with E-state index in [-0.39, 0.29) is 6.04 Å². The van der Waals surface area contributed by atoms with Crippen LogP contribution in [-0.2, 0) is 0 Å². The molecule has 2 aliphatic rings. The minimum Gasteiger partial charge on any atom is -0.497 e. The monoisotopic (exact) mass is 544 g/mol. The zero-order valence-electron chi connectivity index (χ0n) is 21.9. The van der Waals surface area contributed by atoms with E-state index in [1.807, 2.05) is 96.5 Å². The third-order valence-corrected chi connectivity index (χ3v) is 7.43. The second kappa shape index (κ2) is 9.70. The predicted molar refractivity (Wildman–Crippen MR) is 161 cm³/mol. The van der Waals surface area contributed by atoms with Gasteiger partial charge in [0.25, 0.3) is 0 Å². The van der Waals surface area contributed by atoms with Crippen LogP contribution in [0.15, 0.2) is 113 Å². The molecule has 0 spiro atoms. The zero-order valence-corrected chi connectivity index (χ0v) is 22.7. The molecule has 1 aromatic heterocycles. The van der Waals surface area contributed by atoms with E-state index in [9.17, 15) is 0 Å².